The molecule has 0 heterocycles. The molecule has 90 valence electrons. The average Bonchev–Trinajstić information content (AvgIpc) is 2.35. The average molecular weight is 221 g/mol. The van der Waals surface area contributed by atoms with Crippen LogP contribution in [0.15, 0.2) is 30.3 Å². The molecule has 0 bridgehead atoms. The van der Waals surface area contributed by atoms with Gasteiger partial charge in [-0.2, -0.15) is 0 Å². The molecule has 0 fully saturated rings. The topological polar surface area (TPSA) is 21.3 Å². The highest BCUT2D eigenvalue weighted by atomic mass is 16.5. The summed E-state index contributed by atoms with van der Waals surface area (Å²) >= 11 is 0. The van der Waals surface area contributed by atoms with E-state index in [2.05, 4.69) is 49.5 Å². The molecule has 0 spiro atoms. The van der Waals surface area contributed by atoms with Gasteiger partial charge in [-0.25, -0.2) is 0 Å². The van der Waals surface area contributed by atoms with Crippen LogP contribution in [0.4, 0.5) is 0 Å². The van der Waals surface area contributed by atoms with Crippen LogP contribution in [0.1, 0.15) is 38.3 Å². The van der Waals surface area contributed by atoms with Gasteiger partial charge in [-0.3, -0.25) is 0 Å². The van der Waals surface area contributed by atoms with E-state index in [-0.39, 0.29) is 0 Å². The zero-order valence-corrected chi connectivity index (χ0v) is 10.4. The van der Waals surface area contributed by atoms with Crippen LogP contribution in [0.25, 0.3) is 0 Å². The van der Waals surface area contributed by atoms with E-state index in [0.717, 1.165) is 32.6 Å². The summed E-state index contributed by atoms with van der Waals surface area (Å²) in [6.45, 7) is 6.93. The highest BCUT2D eigenvalue weighted by molar-refractivity contribution is 5.18. The van der Waals surface area contributed by atoms with Crippen LogP contribution in [0.5, 0.6) is 0 Å². The minimum atomic E-state index is 0.450. The van der Waals surface area contributed by atoms with Crippen LogP contribution >= 0.6 is 0 Å². The molecule has 1 aromatic carbocycles. The van der Waals surface area contributed by atoms with Crippen molar-refractivity contribution in [2.45, 2.75) is 32.7 Å². The number of hydrogen-bond donors (Lipinski definition) is 1. The maximum Gasteiger partial charge on any atom is 0.0591 e. The molecule has 1 rings (SSSR count). The molecule has 0 aliphatic heterocycles. The second kappa shape index (κ2) is 8.31. The van der Waals surface area contributed by atoms with Crippen LogP contribution in [-0.4, -0.2) is 19.8 Å². The van der Waals surface area contributed by atoms with E-state index < -0.39 is 0 Å². The van der Waals surface area contributed by atoms with Crippen LogP contribution < -0.4 is 5.32 Å². The van der Waals surface area contributed by atoms with Crippen molar-refractivity contribution in [1.29, 1.82) is 0 Å². The molecule has 0 saturated carbocycles. The Kier molecular flexibility index (Phi) is 6.86. The molecule has 0 aromatic heterocycles. The molecule has 1 unspecified atom stereocenters. The summed E-state index contributed by atoms with van der Waals surface area (Å²) in [6.07, 6.45) is 2.20. The molecule has 0 aliphatic carbocycles. The second-order valence-electron chi connectivity index (χ2n) is 3.94. The monoisotopic (exact) mass is 221 g/mol. The van der Waals surface area contributed by atoms with Crippen molar-refractivity contribution in [2.24, 2.45) is 0 Å². The van der Waals surface area contributed by atoms with Crippen molar-refractivity contribution in [1.82, 2.24) is 5.32 Å². The Morgan fingerprint density at radius 2 is 1.88 bits per heavy atom. The van der Waals surface area contributed by atoms with Gasteiger partial charge in [0.05, 0.1) is 6.61 Å². The molecule has 1 aromatic rings. The largest absolute Gasteiger partial charge is 0.380 e. The van der Waals surface area contributed by atoms with Crippen molar-refractivity contribution in [3.8, 4) is 0 Å². The first kappa shape index (κ1) is 13.2. The van der Waals surface area contributed by atoms with E-state index in [1.165, 1.54) is 5.56 Å². The summed E-state index contributed by atoms with van der Waals surface area (Å²) in [4.78, 5) is 0. The van der Waals surface area contributed by atoms with Gasteiger partial charge in [-0.05, 0) is 18.4 Å². The fourth-order valence-corrected chi connectivity index (χ4v) is 1.73. The molecule has 2 nitrogen and oxygen atoms in total. The highest BCUT2D eigenvalue weighted by Crippen LogP contribution is 2.15. The van der Waals surface area contributed by atoms with E-state index in [1.807, 2.05) is 0 Å². The van der Waals surface area contributed by atoms with Gasteiger partial charge in [0.2, 0.25) is 0 Å². The minimum Gasteiger partial charge on any atom is -0.380 e. The van der Waals surface area contributed by atoms with Gasteiger partial charge < -0.3 is 10.1 Å². The van der Waals surface area contributed by atoms with Gasteiger partial charge in [-0.15, -0.1) is 0 Å². The van der Waals surface area contributed by atoms with Crippen LogP contribution in [-0.2, 0) is 4.74 Å². The van der Waals surface area contributed by atoms with Crippen molar-refractivity contribution in [2.75, 3.05) is 19.8 Å². The van der Waals surface area contributed by atoms with Crippen LogP contribution in [0.2, 0.25) is 0 Å². The second-order valence-corrected chi connectivity index (χ2v) is 3.94. The third-order valence-electron chi connectivity index (χ3n) is 2.60. The maximum absolute atomic E-state index is 5.45. The van der Waals surface area contributed by atoms with Crippen LogP contribution in [0, 0.1) is 0 Å². The van der Waals surface area contributed by atoms with E-state index in [4.69, 9.17) is 4.74 Å². The summed E-state index contributed by atoms with van der Waals surface area (Å²) in [5.41, 5.74) is 1.36. The Hall–Kier alpha value is -0.860. The molecule has 0 amide bonds. The lowest BCUT2D eigenvalue weighted by Crippen LogP contribution is -2.25. The first-order chi connectivity index (χ1) is 7.88. The van der Waals surface area contributed by atoms with E-state index >= 15 is 0 Å². The lowest BCUT2D eigenvalue weighted by molar-refractivity contribution is 0.134. The zero-order chi connectivity index (χ0) is 11.6. The maximum atomic E-state index is 5.45. The number of rotatable bonds is 8. The standard InChI is InChI=1S/C14H23NO/c1-3-11-16-12-10-15-14(4-2)13-8-6-5-7-9-13/h5-9,14-15H,3-4,10-12H2,1-2H3. The van der Waals surface area contributed by atoms with Crippen LogP contribution in [0.3, 0.4) is 0 Å². The molecule has 2 heteroatoms. The predicted octanol–water partition coefficient (Wildman–Crippen LogP) is 3.15. The number of benzene rings is 1. The molecule has 0 saturated heterocycles. The Morgan fingerprint density at radius 1 is 1.12 bits per heavy atom. The van der Waals surface area contributed by atoms with Gasteiger partial charge in [0, 0.05) is 19.2 Å². The molecular formula is C14H23NO. The summed E-state index contributed by atoms with van der Waals surface area (Å²) in [6, 6.07) is 11.0. The van der Waals surface area contributed by atoms with Crippen molar-refractivity contribution in [3.63, 3.8) is 0 Å². The first-order valence-electron chi connectivity index (χ1n) is 6.24. The van der Waals surface area contributed by atoms with Gasteiger partial charge >= 0.3 is 0 Å². The van der Waals surface area contributed by atoms with Gasteiger partial charge in [-0.1, -0.05) is 44.2 Å². The van der Waals surface area contributed by atoms with E-state index in [0.29, 0.717) is 6.04 Å². The lowest BCUT2D eigenvalue weighted by atomic mass is 10.1. The third-order valence-corrected chi connectivity index (χ3v) is 2.60. The third kappa shape index (κ3) is 4.77. The Morgan fingerprint density at radius 3 is 2.50 bits per heavy atom. The van der Waals surface area contributed by atoms with Gasteiger partial charge in [0.15, 0.2) is 0 Å². The normalized spacial score (nSPS) is 12.6. The fourth-order valence-electron chi connectivity index (χ4n) is 1.73. The molecule has 0 aliphatic rings. The summed E-state index contributed by atoms with van der Waals surface area (Å²) < 4.78 is 5.45. The lowest BCUT2D eigenvalue weighted by Gasteiger charge is -2.17. The molecular weight excluding hydrogens is 198 g/mol. The van der Waals surface area contributed by atoms with Crippen molar-refractivity contribution in [3.05, 3.63) is 35.9 Å². The quantitative estimate of drug-likeness (QED) is 0.681. The summed E-state index contributed by atoms with van der Waals surface area (Å²) in [5, 5.41) is 3.52. The predicted molar refractivity (Wildman–Crippen MR) is 68.6 cm³/mol. The molecule has 1 atom stereocenters. The zero-order valence-electron chi connectivity index (χ0n) is 10.4. The fraction of sp³-hybridized carbons (Fsp3) is 0.571. The minimum absolute atomic E-state index is 0.450. The molecule has 1 N–H and O–H groups in total. The van der Waals surface area contributed by atoms with Crippen molar-refractivity contribution >= 4 is 0 Å². The smallest absolute Gasteiger partial charge is 0.0591 e. The van der Waals surface area contributed by atoms with Gasteiger partial charge in [0.1, 0.15) is 0 Å². The summed E-state index contributed by atoms with van der Waals surface area (Å²) in [7, 11) is 0. The number of nitrogens with one attached hydrogen (secondary N) is 1. The number of ether oxygens (including phenoxy) is 1. The Bertz CT molecular complexity index is 261. The molecule has 0 radical (unpaired) electrons. The van der Waals surface area contributed by atoms with Gasteiger partial charge in [0.25, 0.3) is 0 Å². The van der Waals surface area contributed by atoms with E-state index in [9.17, 15) is 0 Å². The van der Waals surface area contributed by atoms with E-state index in [1.54, 1.807) is 0 Å². The number of hydrogen-bond acceptors (Lipinski definition) is 2. The Labute approximate surface area is 99.0 Å². The summed E-state index contributed by atoms with van der Waals surface area (Å²) in [5.74, 6) is 0. The molecule has 16 heavy (non-hydrogen) atoms. The Balaban J connectivity index is 2.27. The SMILES string of the molecule is CCCOCCNC(CC)c1ccccc1. The highest BCUT2D eigenvalue weighted by Gasteiger charge is 2.06. The van der Waals surface area contributed by atoms with Crippen molar-refractivity contribution < 1.29 is 4.74 Å². The first-order valence-corrected chi connectivity index (χ1v) is 6.24.